The van der Waals surface area contributed by atoms with E-state index in [-0.39, 0.29) is 5.69 Å². The quantitative estimate of drug-likeness (QED) is 0.708. The van der Waals surface area contributed by atoms with Gasteiger partial charge in [-0.05, 0) is 29.6 Å². The molecule has 80 valence electrons. The molecule has 3 nitrogen and oxygen atoms in total. The molecule has 2 heterocycles. The highest BCUT2D eigenvalue weighted by molar-refractivity contribution is 7.12. The first-order chi connectivity index (χ1) is 7.77. The smallest absolute Gasteiger partial charge is 0.305 e. The molecule has 0 aliphatic heterocycles. The summed E-state index contributed by atoms with van der Waals surface area (Å²) in [6.45, 7) is 0. The van der Waals surface area contributed by atoms with Crippen LogP contribution in [0, 0.1) is 0 Å². The van der Waals surface area contributed by atoms with Gasteiger partial charge in [-0.25, -0.2) is 9.36 Å². The molecule has 3 rings (SSSR count). The molecule has 5 heteroatoms. The number of H-pyrrole nitrogens is 1. The fraction of sp³-hybridized carbons (Fsp3) is 0. The van der Waals surface area contributed by atoms with E-state index < -0.39 is 0 Å². The summed E-state index contributed by atoms with van der Waals surface area (Å²) in [5.74, 6) is 0. The summed E-state index contributed by atoms with van der Waals surface area (Å²) >= 11 is 7.62. The molecule has 1 N–H and O–H groups in total. The molecule has 0 fully saturated rings. The maximum Gasteiger partial charge on any atom is 0.331 e. The highest BCUT2D eigenvalue weighted by Gasteiger charge is 2.11. The lowest BCUT2D eigenvalue weighted by Crippen LogP contribution is -2.13. The van der Waals surface area contributed by atoms with Crippen LogP contribution in [0.25, 0.3) is 16.0 Å². The molecule has 16 heavy (non-hydrogen) atoms. The van der Waals surface area contributed by atoms with E-state index in [0.29, 0.717) is 5.02 Å². The van der Waals surface area contributed by atoms with Gasteiger partial charge in [0.15, 0.2) is 0 Å². The summed E-state index contributed by atoms with van der Waals surface area (Å²) < 4.78 is 1.60. The number of nitrogens with one attached hydrogen (secondary N) is 1. The molecule has 3 aromatic rings. The third-order valence-corrected chi connectivity index (χ3v) is 3.54. The zero-order chi connectivity index (χ0) is 11.1. The van der Waals surface area contributed by atoms with Gasteiger partial charge in [0.1, 0.15) is 5.00 Å². The van der Waals surface area contributed by atoms with E-state index in [0.717, 1.165) is 16.0 Å². The van der Waals surface area contributed by atoms with Crippen molar-refractivity contribution in [2.75, 3.05) is 0 Å². The van der Waals surface area contributed by atoms with Gasteiger partial charge in [0.05, 0.1) is 16.1 Å². The molecule has 0 unspecified atom stereocenters. The Bertz CT molecular complexity index is 696. The van der Waals surface area contributed by atoms with Gasteiger partial charge in [0.25, 0.3) is 0 Å². The summed E-state index contributed by atoms with van der Waals surface area (Å²) in [5.41, 5.74) is 1.33. The lowest BCUT2D eigenvalue weighted by atomic mass is 10.3. The predicted octanol–water partition coefficient (Wildman–Crippen LogP) is 3.03. The molecule has 0 amide bonds. The van der Waals surface area contributed by atoms with Crippen molar-refractivity contribution >= 4 is 34.0 Å². The minimum atomic E-state index is -0.162. The minimum Gasteiger partial charge on any atom is -0.305 e. The number of aromatic amines is 1. The van der Waals surface area contributed by atoms with Crippen molar-refractivity contribution in [2.24, 2.45) is 0 Å². The first-order valence-electron chi connectivity index (χ1n) is 4.70. The van der Waals surface area contributed by atoms with Crippen LogP contribution in [0.2, 0.25) is 5.02 Å². The van der Waals surface area contributed by atoms with E-state index >= 15 is 0 Å². The lowest BCUT2D eigenvalue weighted by Gasteiger charge is -2.00. The highest BCUT2D eigenvalue weighted by Crippen LogP contribution is 2.25. The summed E-state index contributed by atoms with van der Waals surface area (Å²) in [4.78, 5) is 14.6. The Morgan fingerprint density at radius 3 is 2.88 bits per heavy atom. The lowest BCUT2D eigenvalue weighted by molar-refractivity contribution is 1.04. The Kier molecular flexibility index (Phi) is 2.12. The molecule has 0 aliphatic rings. The standard InChI is InChI=1S/C11H7ClN2OS/c12-7-3-1-4-8-10(7)14(11(15)13-8)9-5-2-6-16-9/h1-6H,(H,13,15). The van der Waals surface area contributed by atoms with E-state index in [2.05, 4.69) is 4.98 Å². The van der Waals surface area contributed by atoms with Gasteiger partial charge in [0, 0.05) is 0 Å². The molecular weight excluding hydrogens is 244 g/mol. The average Bonchev–Trinajstić information content (AvgIpc) is 2.84. The molecule has 0 saturated carbocycles. The number of nitrogens with zero attached hydrogens (tertiary/aromatic N) is 1. The number of para-hydroxylation sites is 1. The number of fused-ring (bicyclic) bond motifs is 1. The summed E-state index contributed by atoms with van der Waals surface area (Å²) in [6, 6.07) is 9.23. The van der Waals surface area contributed by atoms with Crippen LogP contribution in [-0.4, -0.2) is 9.55 Å². The van der Waals surface area contributed by atoms with Gasteiger partial charge < -0.3 is 4.98 Å². The van der Waals surface area contributed by atoms with E-state index in [1.54, 1.807) is 10.6 Å². The van der Waals surface area contributed by atoms with Crippen molar-refractivity contribution in [3.8, 4) is 5.00 Å². The van der Waals surface area contributed by atoms with Crippen LogP contribution in [0.3, 0.4) is 0 Å². The normalized spacial score (nSPS) is 11.1. The monoisotopic (exact) mass is 250 g/mol. The predicted molar refractivity (Wildman–Crippen MR) is 66.8 cm³/mol. The number of benzene rings is 1. The van der Waals surface area contributed by atoms with Gasteiger partial charge in [-0.3, -0.25) is 0 Å². The van der Waals surface area contributed by atoms with Crippen LogP contribution in [0.5, 0.6) is 0 Å². The second-order valence-electron chi connectivity index (χ2n) is 3.35. The molecule has 2 aromatic heterocycles. The number of hydrogen-bond acceptors (Lipinski definition) is 2. The van der Waals surface area contributed by atoms with E-state index in [9.17, 15) is 4.79 Å². The second-order valence-corrected chi connectivity index (χ2v) is 4.69. The Hall–Kier alpha value is -1.52. The van der Waals surface area contributed by atoms with Crippen LogP contribution in [-0.2, 0) is 0 Å². The number of rotatable bonds is 1. The van der Waals surface area contributed by atoms with Crippen molar-refractivity contribution in [3.63, 3.8) is 0 Å². The largest absolute Gasteiger partial charge is 0.331 e. The molecule has 1 aromatic carbocycles. The number of thiophene rings is 1. The van der Waals surface area contributed by atoms with Gasteiger partial charge in [0.2, 0.25) is 0 Å². The Morgan fingerprint density at radius 2 is 2.12 bits per heavy atom. The fourth-order valence-corrected chi connectivity index (χ4v) is 2.72. The summed E-state index contributed by atoms with van der Waals surface area (Å²) in [6.07, 6.45) is 0. The SMILES string of the molecule is O=c1[nH]c2cccc(Cl)c2n1-c1cccs1. The number of imidazole rings is 1. The summed E-state index contributed by atoms with van der Waals surface area (Å²) in [7, 11) is 0. The molecule has 0 spiro atoms. The minimum absolute atomic E-state index is 0.162. The topological polar surface area (TPSA) is 37.8 Å². The average molecular weight is 251 g/mol. The van der Waals surface area contributed by atoms with Crippen LogP contribution in [0.4, 0.5) is 0 Å². The molecule has 0 atom stereocenters. The van der Waals surface area contributed by atoms with Crippen molar-refractivity contribution in [1.29, 1.82) is 0 Å². The van der Waals surface area contributed by atoms with Gasteiger partial charge in [-0.1, -0.05) is 17.7 Å². The molecule has 0 saturated heterocycles. The third kappa shape index (κ3) is 1.31. The Morgan fingerprint density at radius 1 is 1.25 bits per heavy atom. The molecular formula is C11H7ClN2OS. The molecule has 0 bridgehead atoms. The van der Waals surface area contributed by atoms with E-state index in [1.165, 1.54) is 11.3 Å². The fourth-order valence-electron chi connectivity index (χ4n) is 1.72. The number of aromatic nitrogens is 2. The second kappa shape index (κ2) is 3.50. The number of hydrogen-bond donors (Lipinski definition) is 1. The van der Waals surface area contributed by atoms with Crippen LogP contribution in [0.1, 0.15) is 0 Å². The summed E-state index contributed by atoms with van der Waals surface area (Å²) in [5, 5.41) is 3.37. The van der Waals surface area contributed by atoms with Crippen LogP contribution < -0.4 is 5.69 Å². The maximum absolute atomic E-state index is 11.8. The van der Waals surface area contributed by atoms with Crippen molar-refractivity contribution in [3.05, 3.63) is 51.2 Å². The number of halogens is 1. The Balaban J connectivity index is 2.49. The Labute approximate surface area is 99.9 Å². The molecule has 0 aliphatic carbocycles. The highest BCUT2D eigenvalue weighted by atomic mass is 35.5. The third-order valence-electron chi connectivity index (χ3n) is 2.38. The van der Waals surface area contributed by atoms with Crippen molar-refractivity contribution < 1.29 is 0 Å². The van der Waals surface area contributed by atoms with E-state index in [1.807, 2.05) is 29.6 Å². The van der Waals surface area contributed by atoms with Crippen LogP contribution >= 0.6 is 22.9 Å². The van der Waals surface area contributed by atoms with Gasteiger partial charge in [-0.15, -0.1) is 11.3 Å². The first-order valence-corrected chi connectivity index (χ1v) is 5.96. The first kappa shape index (κ1) is 9.69. The zero-order valence-electron chi connectivity index (χ0n) is 8.11. The zero-order valence-corrected chi connectivity index (χ0v) is 9.68. The van der Waals surface area contributed by atoms with Crippen molar-refractivity contribution in [2.45, 2.75) is 0 Å². The maximum atomic E-state index is 11.8. The molecule has 0 radical (unpaired) electrons. The van der Waals surface area contributed by atoms with Gasteiger partial charge >= 0.3 is 5.69 Å². The van der Waals surface area contributed by atoms with Crippen molar-refractivity contribution in [1.82, 2.24) is 9.55 Å². The van der Waals surface area contributed by atoms with E-state index in [4.69, 9.17) is 11.6 Å². The van der Waals surface area contributed by atoms with Crippen LogP contribution in [0.15, 0.2) is 40.5 Å². The van der Waals surface area contributed by atoms with Gasteiger partial charge in [-0.2, -0.15) is 0 Å².